The zero-order chi connectivity index (χ0) is 12.6. The lowest BCUT2D eigenvalue weighted by Crippen LogP contribution is -2.40. The second kappa shape index (κ2) is 7.28. The van der Waals surface area contributed by atoms with Crippen molar-refractivity contribution < 1.29 is 9.53 Å². The highest BCUT2D eigenvalue weighted by molar-refractivity contribution is 5.76. The molecule has 1 amide bonds. The van der Waals surface area contributed by atoms with Gasteiger partial charge in [0.25, 0.3) is 0 Å². The molecule has 0 spiro atoms. The molecule has 0 bridgehead atoms. The second-order valence-electron chi connectivity index (χ2n) is 4.92. The highest BCUT2D eigenvalue weighted by Gasteiger charge is 2.22. The summed E-state index contributed by atoms with van der Waals surface area (Å²) in [6.45, 7) is 10.7. The van der Waals surface area contributed by atoms with Crippen molar-refractivity contribution in [3.63, 3.8) is 0 Å². The molecule has 0 fully saturated rings. The first-order chi connectivity index (χ1) is 7.38. The average molecular weight is 228 g/mol. The molecule has 16 heavy (non-hydrogen) atoms. The number of hydrogen-bond donors (Lipinski definition) is 2. The second-order valence-corrected chi connectivity index (χ2v) is 4.92. The van der Waals surface area contributed by atoms with Crippen LogP contribution < -0.4 is 11.1 Å². The summed E-state index contributed by atoms with van der Waals surface area (Å²) in [4.78, 5) is 11.5. The lowest BCUT2D eigenvalue weighted by Gasteiger charge is -2.26. The number of amides is 1. The van der Waals surface area contributed by atoms with E-state index in [9.17, 15) is 4.79 Å². The SMILES string of the molecule is C=COCCCNC(=O)CC(N)C(C)(C)C. The normalized spacial score (nSPS) is 13.0. The fraction of sp³-hybridized carbons (Fsp3) is 0.750. The third-order valence-corrected chi connectivity index (χ3v) is 2.40. The van der Waals surface area contributed by atoms with Crippen LogP contribution >= 0.6 is 0 Å². The molecule has 0 saturated carbocycles. The van der Waals surface area contributed by atoms with E-state index >= 15 is 0 Å². The van der Waals surface area contributed by atoms with E-state index in [4.69, 9.17) is 10.5 Å². The molecule has 1 atom stereocenters. The van der Waals surface area contributed by atoms with Gasteiger partial charge < -0.3 is 15.8 Å². The van der Waals surface area contributed by atoms with Crippen LogP contribution in [0, 0.1) is 5.41 Å². The molecule has 3 N–H and O–H groups in total. The third kappa shape index (κ3) is 7.29. The molecule has 0 heterocycles. The Morgan fingerprint density at radius 1 is 1.56 bits per heavy atom. The van der Waals surface area contributed by atoms with E-state index in [-0.39, 0.29) is 17.4 Å². The molecular weight excluding hydrogens is 204 g/mol. The predicted octanol–water partition coefficient (Wildman–Crippen LogP) is 1.42. The molecule has 1 unspecified atom stereocenters. The van der Waals surface area contributed by atoms with Gasteiger partial charge in [-0.1, -0.05) is 27.4 Å². The minimum Gasteiger partial charge on any atom is -0.502 e. The molecule has 4 heteroatoms. The molecule has 0 aliphatic rings. The van der Waals surface area contributed by atoms with Gasteiger partial charge in [-0.3, -0.25) is 4.79 Å². The van der Waals surface area contributed by atoms with Gasteiger partial charge in [-0.05, 0) is 11.8 Å². The highest BCUT2D eigenvalue weighted by atomic mass is 16.5. The fourth-order valence-corrected chi connectivity index (χ4v) is 1.04. The summed E-state index contributed by atoms with van der Waals surface area (Å²) in [5.41, 5.74) is 5.87. The van der Waals surface area contributed by atoms with Gasteiger partial charge in [-0.2, -0.15) is 0 Å². The number of nitrogens with one attached hydrogen (secondary N) is 1. The number of carbonyl (C=O) groups is 1. The standard InChI is InChI=1S/C12H24N2O2/c1-5-16-8-6-7-14-11(15)9-10(13)12(2,3)4/h5,10H,1,6-9,13H2,2-4H3,(H,14,15). The smallest absolute Gasteiger partial charge is 0.221 e. The van der Waals surface area contributed by atoms with Gasteiger partial charge in [0, 0.05) is 19.0 Å². The van der Waals surface area contributed by atoms with Gasteiger partial charge >= 0.3 is 0 Å². The van der Waals surface area contributed by atoms with E-state index < -0.39 is 0 Å². The minimum atomic E-state index is -0.114. The van der Waals surface area contributed by atoms with Crippen molar-refractivity contribution in [3.05, 3.63) is 12.8 Å². The topological polar surface area (TPSA) is 64.3 Å². The zero-order valence-corrected chi connectivity index (χ0v) is 10.6. The Kier molecular flexibility index (Phi) is 6.81. The van der Waals surface area contributed by atoms with E-state index in [0.29, 0.717) is 19.6 Å². The minimum absolute atomic E-state index is 0.000952. The van der Waals surface area contributed by atoms with Crippen molar-refractivity contribution in [3.8, 4) is 0 Å². The van der Waals surface area contributed by atoms with Gasteiger partial charge in [0.05, 0.1) is 12.9 Å². The maximum absolute atomic E-state index is 11.5. The first kappa shape index (κ1) is 15.0. The number of nitrogens with two attached hydrogens (primary N) is 1. The Bertz CT molecular complexity index is 222. The van der Waals surface area contributed by atoms with E-state index in [0.717, 1.165) is 6.42 Å². The number of hydrogen-bond acceptors (Lipinski definition) is 3. The van der Waals surface area contributed by atoms with Crippen LogP contribution in [0.4, 0.5) is 0 Å². The predicted molar refractivity (Wildman–Crippen MR) is 65.8 cm³/mol. The van der Waals surface area contributed by atoms with E-state index in [1.165, 1.54) is 6.26 Å². The summed E-state index contributed by atoms with van der Waals surface area (Å²) in [7, 11) is 0. The Morgan fingerprint density at radius 3 is 2.69 bits per heavy atom. The van der Waals surface area contributed by atoms with Crippen LogP contribution in [0.5, 0.6) is 0 Å². The first-order valence-electron chi connectivity index (χ1n) is 5.62. The summed E-state index contributed by atoms with van der Waals surface area (Å²) in [5, 5.41) is 2.81. The summed E-state index contributed by atoms with van der Waals surface area (Å²) < 4.78 is 4.94. The van der Waals surface area contributed by atoms with Gasteiger partial charge in [0.1, 0.15) is 0 Å². The summed E-state index contributed by atoms with van der Waals surface area (Å²) in [6, 6.07) is -0.114. The molecule has 0 aliphatic heterocycles. The lowest BCUT2D eigenvalue weighted by atomic mass is 9.85. The van der Waals surface area contributed by atoms with Gasteiger partial charge in [-0.25, -0.2) is 0 Å². The monoisotopic (exact) mass is 228 g/mol. The van der Waals surface area contributed by atoms with Crippen LogP contribution in [0.1, 0.15) is 33.6 Å². The van der Waals surface area contributed by atoms with Crippen LogP contribution in [-0.4, -0.2) is 25.1 Å². The van der Waals surface area contributed by atoms with Gasteiger partial charge in [0.15, 0.2) is 0 Å². The van der Waals surface area contributed by atoms with Crippen LogP contribution in [0.2, 0.25) is 0 Å². The zero-order valence-electron chi connectivity index (χ0n) is 10.6. The Hall–Kier alpha value is -1.03. The lowest BCUT2D eigenvalue weighted by molar-refractivity contribution is -0.121. The molecule has 0 aromatic carbocycles. The molecule has 0 aliphatic carbocycles. The van der Waals surface area contributed by atoms with Crippen molar-refractivity contribution in [2.45, 2.75) is 39.7 Å². The molecule has 0 aromatic heterocycles. The molecule has 0 saturated heterocycles. The van der Waals surface area contributed by atoms with Crippen LogP contribution in [0.3, 0.4) is 0 Å². The Balaban J connectivity index is 3.63. The summed E-state index contributed by atoms with van der Waals surface area (Å²) in [5.74, 6) is 0.000952. The van der Waals surface area contributed by atoms with Crippen LogP contribution in [0.25, 0.3) is 0 Å². The van der Waals surface area contributed by atoms with Crippen molar-refractivity contribution >= 4 is 5.91 Å². The number of carbonyl (C=O) groups excluding carboxylic acids is 1. The van der Waals surface area contributed by atoms with Gasteiger partial charge in [-0.15, -0.1) is 0 Å². The molecule has 0 aromatic rings. The van der Waals surface area contributed by atoms with E-state index in [1.54, 1.807) is 0 Å². The fourth-order valence-electron chi connectivity index (χ4n) is 1.04. The third-order valence-electron chi connectivity index (χ3n) is 2.40. The maximum atomic E-state index is 11.5. The molecule has 0 rings (SSSR count). The van der Waals surface area contributed by atoms with Crippen molar-refractivity contribution in [2.75, 3.05) is 13.2 Å². The van der Waals surface area contributed by atoms with Crippen molar-refractivity contribution in [2.24, 2.45) is 11.1 Å². The largest absolute Gasteiger partial charge is 0.502 e. The quantitative estimate of drug-likeness (QED) is 0.511. The number of rotatable bonds is 7. The van der Waals surface area contributed by atoms with Crippen molar-refractivity contribution in [1.29, 1.82) is 0 Å². The van der Waals surface area contributed by atoms with Crippen LogP contribution in [-0.2, 0) is 9.53 Å². The Labute approximate surface area is 98.2 Å². The van der Waals surface area contributed by atoms with E-state index in [2.05, 4.69) is 11.9 Å². The van der Waals surface area contributed by atoms with Crippen molar-refractivity contribution in [1.82, 2.24) is 5.32 Å². The van der Waals surface area contributed by atoms with E-state index in [1.807, 2.05) is 20.8 Å². The summed E-state index contributed by atoms with van der Waals surface area (Å²) >= 11 is 0. The Morgan fingerprint density at radius 2 is 2.19 bits per heavy atom. The summed E-state index contributed by atoms with van der Waals surface area (Å²) in [6.07, 6.45) is 2.55. The molecule has 94 valence electrons. The molecule has 0 radical (unpaired) electrons. The highest BCUT2D eigenvalue weighted by Crippen LogP contribution is 2.19. The first-order valence-corrected chi connectivity index (χ1v) is 5.62. The van der Waals surface area contributed by atoms with Crippen LogP contribution in [0.15, 0.2) is 12.8 Å². The number of ether oxygens (including phenoxy) is 1. The molecular formula is C12H24N2O2. The molecule has 4 nitrogen and oxygen atoms in total. The average Bonchev–Trinajstić information content (AvgIpc) is 2.16. The van der Waals surface area contributed by atoms with Gasteiger partial charge in [0.2, 0.25) is 5.91 Å². The maximum Gasteiger partial charge on any atom is 0.221 e.